The summed E-state index contributed by atoms with van der Waals surface area (Å²) in [4.78, 5) is 54.7. The average Bonchev–Trinajstić information content (AvgIpc) is 3.50. The third-order valence-corrected chi connectivity index (χ3v) is 6.84. The molecule has 3 saturated heterocycles. The first-order valence-corrected chi connectivity index (χ1v) is 10.9. The van der Waals surface area contributed by atoms with Crippen LogP contribution < -0.4 is 10.2 Å². The number of hydrogen-bond acceptors (Lipinski definition) is 5. The van der Waals surface area contributed by atoms with Crippen molar-refractivity contribution in [1.82, 2.24) is 9.80 Å². The molecule has 6 rings (SSSR count). The number of amides is 5. The summed E-state index contributed by atoms with van der Waals surface area (Å²) in [6.45, 7) is 0.296. The smallest absolute Gasteiger partial charge is 0.317 e. The third-order valence-electron chi connectivity index (χ3n) is 6.84. The minimum absolute atomic E-state index is 0.130. The van der Waals surface area contributed by atoms with Crippen molar-refractivity contribution in [3.8, 4) is 0 Å². The number of carbonyl (C=O) groups is 3. The Balaban J connectivity index is 1.27. The number of benzene rings is 3. The molecule has 0 spiro atoms. The van der Waals surface area contributed by atoms with E-state index in [0.29, 0.717) is 24.3 Å². The molecule has 0 saturated carbocycles. The van der Waals surface area contributed by atoms with Crippen molar-refractivity contribution in [3.63, 3.8) is 0 Å². The van der Waals surface area contributed by atoms with Crippen LogP contribution in [0.5, 0.6) is 0 Å². The summed E-state index contributed by atoms with van der Waals surface area (Å²) in [6, 6.07) is 16.5. The third kappa shape index (κ3) is 2.84. The van der Waals surface area contributed by atoms with Gasteiger partial charge in [-0.3, -0.25) is 14.9 Å². The number of nitrogens with one attached hydrogen (secondary N) is 1. The molecule has 3 aliphatic rings. The van der Waals surface area contributed by atoms with Gasteiger partial charge in [-0.05, 0) is 23.9 Å². The van der Waals surface area contributed by atoms with Crippen molar-refractivity contribution in [3.05, 3.63) is 76.8 Å². The van der Waals surface area contributed by atoms with Crippen molar-refractivity contribution < 1.29 is 19.3 Å². The highest BCUT2D eigenvalue weighted by Crippen LogP contribution is 2.43. The minimum atomic E-state index is -0.749. The number of piperazine rings is 1. The number of urea groups is 2. The fourth-order valence-corrected chi connectivity index (χ4v) is 5.41. The molecule has 0 aromatic heterocycles. The Kier molecular flexibility index (Phi) is 4.31. The monoisotopic (exact) mass is 457 g/mol. The maximum atomic E-state index is 13.5. The Hall–Kier alpha value is -4.47. The van der Waals surface area contributed by atoms with Crippen LogP contribution in [0.2, 0.25) is 0 Å². The Morgan fingerprint density at radius 1 is 1.03 bits per heavy atom. The highest BCUT2D eigenvalue weighted by atomic mass is 16.6. The van der Waals surface area contributed by atoms with Crippen LogP contribution in [-0.4, -0.2) is 57.4 Å². The molecule has 5 amide bonds. The van der Waals surface area contributed by atoms with Gasteiger partial charge in [0.05, 0.1) is 22.7 Å². The number of carbonyl (C=O) groups excluding carboxylic acids is 3. The van der Waals surface area contributed by atoms with Gasteiger partial charge in [-0.15, -0.1) is 0 Å². The molecule has 1 N–H and O–H groups in total. The van der Waals surface area contributed by atoms with E-state index in [-0.39, 0.29) is 23.7 Å². The van der Waals surface area contributed by atoms with Gasteiger partial charge < -0.3 is 15.1 Å². The van der Waals surface area contributed by atoms with E-state index < -0.39 is 23.0 Å². The Morgan fingerprint density at radius 2 is 1.79 bits per heavy atom. The van der Waals surface area contributed by atoms with E-state index in [9.17, 15) is 24.5 Å². The van der Waals surface area contributed by atoms with Gasteiger partial charge in [-0.1, -0.05) is 42.5 Å². The first-order chi connectivity index (χ1) is 16.4. The van der Waals surface area contributed by atoms with Crippen LogP contribution in [0.25, 0.3) is 10.8 Å². The number of rotatable bonds is 3. The van der Waals surface area contributed by atoms with Crippen LogP contribution in [0.15, 0.2) is 66.7 Å². The fraction of sp³-hybridized carbons (Fsp3) is 0.208. The zero-order valence-corrected chi connectivity index (χ0v) is 17.8. The number of imide groups is 1. The molecule has 3 fully saturated rings. The van der Waals surface area contributed by atoms with Crippen LogP contribution in [-0.2, 0) is 4.79 Å². The summed E-state index contributed by atoms with van der Waals surface area (Å²) in [7, 11) is 0. The number of hydrogen-bond donors (Lipinski definition) is 1. The number of nitrogens with zero attached hydrogens (tertiary/aromatic N) is 4. The lowest BCUT2D eigenvalue weighted by Crippen LogP contribution is -2.55. The molecule has 170 valence electrons. The highest BCUT2D eigenvalue weighted by molar-refractivity contribution is 6.25. The maximum Gasteiger partial charge on any atom is 0.332 e. The van der Waals surface area contributed by atoms with E-state index in [0.717, 1.165) is 10.8 Å². The Labute approximate surface area is 193 Å². The summed E-state index contributed by atoms with van der Waals surface area (Å²) >= 11 is 0. The SMILES string of the molecule is O=C1[C@H]2C3C[C@H](CN3C(=O)Nc3cccc([N+](=O)[O-])c3)N2C(=O)N1c1cccc2ccccc12. The van der Waals surface area contributed by atoms with Crippen molar-refractivity contribution in [2.45, 2.75) is 24.5 Å². The molecule has 0 radical (unpaired) electrons. The summed E-state index contributed by atoms with van der Waals surface area (Å²) < 4.78 is 0. The Bertz CT molecular complexity index is 1390. The van der Waals surface area contributed by atoms with E-state index in [1.165, 1.54) is 23.1 Å². The van der Waals surface area contributed by atoms with Crippen molar-refractivity contribution in [2.75, 3.05) is 16.8 Å². The molecule has 3 aromatic carbocycles. The molecule has 3 atom stereocenters. The number of likely N-dealkylation sites (tertiary alicyclic amines) is 1. The second-order valence-corrected chi connectivity index (χ2v) is 8.65. The zero-order chi connectivity index (χ0) is 23.6. The number of non-ortho nitro benzene ring substituents is 1. The predicted octanol–water partition coefficient (Wildman–Crippen LogP) is 3.57. The highest BCUT2D eigenvalue weighted by Gasteiger charge is 2.63. The largest absolute Gasteiger partial charge is 0.332 e. The molecule has 34 heavy (non-hydrogen) atoms. The molecular weight excluding hydrogens is 438 g/mol. The van der Waals surface area contributed by atoms with Gasteiger partial charge in [0.1, 0.15) is 6.04 Å². The molecule has 2 bridgehead atoms. The minimum Gasteiger partial charge on any atom is -0.317 e. The number of nitro benzene ring substituents is 1. The van der Waals surface area contributed by atoms with Gasteiger partial charge in [0.25, 0.3) is 11.6 Å². The molecule has 10 nitrogen and oxygen atoms in total. The van der Waals surface area contributed by atoms with Gasteiger partial charge in [0.2, 0.25) is 0 Å². The predicted molar refractivity (Wildman–Crippen MR) is 123 cm³/mol. The summed E-state index contributed by atoms with van der Waals surface area (Å²) in [5, 5.41) is 15.4. The van der Waals surface area contributed by atoms with Gasteiger partial charge in [-0.2, -0.15) is 0 Å². The van der Waals surface area contributed by atoms with E-state index >= 15 is 0 Å². The lowest BCUT2D eigenvalue weighted by atomic mass is 10.1. The second-order valence-electron chi connectivity index (χ2n) is 8.65. The molecule has 3 aromatic rings. The fourth-order valence-electron chi connectivity index (χ4n) is 5.41. The van der Waals surface area contributed by atoms with Crippen LogP contribution in [0, 0.1) is 10.1 Å². The average molecular weight is 457 g/mol. The van der Waals surface area contributed by atoms with E-state index in [1.807, 2.05) is 36.4 Å². The van der Waals surface area contributed by atoms with E-state index in [1.54, 1.807) is 21.9 Å². The van der Waals surface area contributed by atoms with Crippen molar-refractivity contribution in [2.24, 2.45) is 0 Å². The van der Waals surface area contributed by atoms with Gasteiger partial charge in [0, 0.05) is 29.8 Å². The first-order valence-electron chi connectivity index (χ1n) is 10.9. The normalized spacial score (nSPS) is 23.1. The topological polar surface area (TPSA) is 116 Å². The Morgan fingerprint density at radius 3 is 2.62 bits per heavy atom. The van der Waals surface area contributed by atoms with E-state index in [2.05, 4.69) is 5.32 Å². The lowest BCUT2D eigenvalue weighted by Gasteiger charge is -2.34. The number of anilines is 2. The van der Waals surface area contributed by atoms with E-state index in [4.69, 9.17) is 0 Å². The van der Waals surface area contributed by atoms with Gasteiger partial charge in [-0.25, -0.2) is 14.5 Å². The molecule has 10 heteroatoms. The van der Waals surface area contributed by atoms with Crippen LogP contribution in [0.1, 0.15) is 6.42 Å². The van der Waals surface area contributed by atoms with Crippen molar-refractivity contribution >= 4 is 45.8 Å². The molecule has 3 aliphatic heterocycles. The summed E-state index contributed by atoms with van der Waals surface area (Å²) in [6.07, 6.45) is 0.522. The van der Waals surface area contributed by atoms with Crippen molar-refractivity contribution in [1.29, 1.82) is 0 Å². The molecule has 3 heterocycles. The molecular formula is C24H19N5O5. The summed E-state index contributed by atoms with van der Waals surface area (Å²) in [5.74, 6) is -0.346. The van der Waals surface area contributed by atoms with Gasteiger partial charge >= 0.3 is 12.1 Å². The molecule has 1 unspecified atom stereocenters. The van der Waals surface area contributed by atoms with Gasteiger partial charge in [0.15, 0.2) is 0 Å². The van der Waals surface area contributed by atoms with Crippen LogP contribution >= 0.6 is 0 Å². The standard InChI is InChI=1S/C24H19N5O5/c30-22-21-20-12-17(13-26(20)23(31)25-15-7-4-8-16(11-15)29(33)34)27(21)24(32)28(22)19-10-3-6-14-5-1-2-9-18(14)19/h1-11,17,20-21H,12-13H2,(H,25,31)/t17-,20?,21-/m1/s1. The first kappa shape index (κ1) is 20.2. The quantitative estimate of drug-likeness (QED) is 0.367. The second kappa shape index (κ2) is 7.27. The maximum absolute atomic E-state index is 13.5. The van der Waals surface area contributed by atoms with Crippen LogP contribution in [0.3, 0.4) is 0 Å². The number of fused-ring (bicyclic) bond motifs is 6. The lowest BCUT2D eigenvalue weighted by molar-refractivity contribution is -0.384. The van der Waals surface area contributed by atoms with Crippen LogP contribution in [0.4, 0.5) is 26.7 Å². The molecule has 0 aliphatic carbocycles. The summed E-state index contributed by atoms with van der Waals surface area (Å²) in [5.41, 5.74) is 0.703. The number of nitro groups is 1. The zero-order valence-electron chi connectivity index (χ0n) is 17.8.